The molecule has 2 N–H and O–H groups in total. The van der Waals surface area contributed by atoms with Crippen molar-refractivity contribution in [2.75, 3.05) is 0 Å². The fourth-order valence-electron chi connectivity index (χ4n) is 3.19. The van der Waals surface area contributed by atoms with Gasteiger partial charge < -0.3 is 10.2 Å². The summed E-state index contributed by atoms with van der Waals surface area (Å²) < 4.78 is 0. The van der Waals surface area contributed by atoms with E-state index in [2.05, 4.69) is 11.9 Å². The van der Waals surface area contributed by atoms with Crippen molar-refractivity contribution in [3.05, 3.63) is 16.1 Å². The first-order valence-electron chi connectivity index (χ1n) is 10.5. The van der Waals surface area contributed by atoms with Gasteiger partial charge in [-0.05, 0) is 6.42 Å². The van der Waals surface area contributed by atoms with E-state index in [0.717, 1.165) is 19.3 Å². The van der Waals surface area contributed by atoms with Crippen LogP contribution in [0.1, 0.15) is 114 Å². The summed E-state index contributed by atoms with van der Waals surface area (Å²) in [5.41, 5.74) is 0.543. The monoisotopic (exact) mass is 383 g/mol. The summed E-state index contributed by atoms with van der Waals surface area (Å²) in [4.78, 5) is 14.9. The van der Waals surface area contributed by atoms with Gasteiger partial charge in [0.2, 0.25) is 0 Å². The van der Waals surface area contributed by atoms with Gasteiger partial charge in [0.15, 0.2) is 0 Å². The van der Waals surface area contributed by atoms with Crippen molar-refractivity contribution in [3.63, 3.8) is 0 Å². The molecule has 1 unspecified atom stereocenters. The summed E-state index contributed by atoms with van der Waals surface area (Å²) in [5, 5.41) is 21.3. The lowest BCUT2D eigenvalue weighted by Gasteiger charge is -2.07. The molecule has 1 aromatic rings. The number of aromatic nitrogens is 1. The highest BCUT2D eigenvalue weighted by molar-refractivity contribution is 7.09. The summed E-state index contributed by atoms with van der Waals surface area (Å²) in [6, 6.07) is 0. The summed E-state index contributed by atoms with van der Waals surface area (Å²) in [5.74, 6) is -0.882. The molecule has 0 spiro atoms. The number of carbonyl (C=O) groups is 1. The van der Waals surface area contributed by atoms with Crippen LogP contribution >= 0.6 is 11.3 Å². The van der Waals surface area contributed by atoms with E-state index in [9.17, 15) is 9.90 Å². The molecule has 0 amide bonds. The molecular formula is C21H37NO3S. The van der Waals surface area contributed by atoms with Crippen LogP contribution in [0.4, 0.5) is 0 Å². The SMILES string of the molecule is CCCCCCCCCCCCCCCC(O)c1nc(CC(=O)O)cs1. The maximum atomic E-state index is 10.7. The number of hydrogen-bond acceptors (Lipinski definition) is 4. The predicted octanol–water partition coefficient (Wildman–Crippen LogP) is 6.28. The molecule has 5 heteroatoms. The van der Waals surface area contributed by atoms with Crippen molar-refractivity contribution in [2.24, 2.45) is 0 Å². The van der Waals surface area contributed by atoms with E-state index < -0.39 is 12.1 Å². The highest BCUT2D eigenvalue weighted by atomic mass is 32.1. The first kappa shape index (κ1) is 23.1. The van der Waals surface area contributed by atoms with E-state index in [0.29, 0.717) is 10.7 Å². The lowest BCUT2D eigenvalue weighted by atomic mass is 10.0. The number of unbranched alkanes of at least 4 members (excludes halogenated alkanes) is 12. The van der Waals surface area contributed by atoms with Gasteiger partial charge in [0, 0.05) is 5.38 Å². The molecule has 0 fully saturated rings. The third kappa shape index (κ3) is 11.6. The Morgan fingerprint density at radius 2 is 1.46 bits per heavy atom. The van der Waals surface area contributed by atoms with Crippen LogP contribution in [-0.4, -0.2) is 21.2 Å². The molecular weight excluding hydrogens is 346 g/mol. The third-order valence-corrected chi connectivity index (χ3v) is 5.76. The number of rotatable bonds is 17. The predicted molar refractivity (Wildman–Crippen MR) is 109 cm³/mol. The topological polar surface area (TPSA) is 70.4 Å². The number of carboxylic acids is 1. The normalized spacial score (nSPS) is 12.4. The Bertz CT molecular complexity index is 476. The smallest absolute Gasteiger partial charge is 0.309 e. The highest BCUT2D eigenvalue weighted by Gasteiger charge is 2.13. The van der Waals surface area contributed by atoms with Crippen LogP contribution in [0.15, 0.2) is 5.38 Å². The molecule has 0 saturated heterocycles. The van der Waals surface area contributed by atoms with Crippen LogP contribution in [0.2, 0.25) is 0 Å². The van der Waals surface area contributed by atoms with E-state index in [1.807, 2.05) is 0 Å². The third-order valence-electron chi connectivity index (χ3n) is 4.77. The Labute approximate surface area is 163 Å². The van der Waals surface area contributed by atoms with Crippen molar-refractivity contribution < 1.29 is 15.0 Å². The molecule has 0 aromatic carbocycles. The maximum absolute atomic E-state index is 10.7. The molecule has 150 valence electrons. The summed E-state index contributed by atoms with van der Waals surface area (Å²) >= 11 is 1.36. The number of hydrogen-bond donors (Lipinski definition) is 2. The summed E-state index contributed by atoms with van der Waals surface area (Å²) in [7, 11) is 0. The Morgan fingerprint density at radius 3 is 1.96 bits per heavy atom. The van der Waals surface area contributed by atoms with Crippen molar-refractivity contribution in [3.8, 4) is 0 Å². The van der Waals surface area contributed by atoms with Crippen molar-refractivity contribution in [2.45, 2.75) is 109 Å². The van der Waals surface area contributed by atoms with Gasteiger partial charge in [-0.1, -0.05) is 90.4 Å². The van der Waals surface area contributed by atoms with Gasteiger partial charge in [0.05, 0.1) is 12.1 Å². The molecule has 0 aliphatic rings. The number of nitrogens with zero attached hydrogens (tertiary/aromatic N) is 1. The van der Waals surface area contributed by atoms with Crippen LogP contribution < -0.4 is 0 Å². The second-order valence-electron chi connectivity index (χ2n) is 7.29. The number of aliphatic hydroxyl groups excluding tert-OH is 1. The van der Waals surface area contributed by atoms with Crippen molar-refractivity contribution in [1.29, 1.82) is 0 Å². The van der Waals surface area contributed by atoms with E-state index in [4.69, 9.17) is 5.11 Å². The van der Waals surface area contributed by atoms with Crippen LogP contribution in [0, 0.1) is 0 Å². The average molecular weight is 384 g/mol. The summed E-state index contributed by atoms with van der Waals surface area (Å²) in [6.45, 7) is 2.26. The Morgan fingerprint density at radius 1 is 0.962 bits per heavy atom. The molecule has 26 heavy (non-hydrogen) atoms. The van der Waals surface area contributed by atoms with Crippen LogP contribution in [0.25, 0.3) is 0 Å². The van der Waals surface area contributed by atoms with Gasteiger partial charge in [-0.25, -0.2) is 4.98 Å². The molecule has 1 aromatic heterocycles. The van der Waals surface area contributed by atoms with Gasteiger partial charge >= 0.3 is 5.97 Å². The minimum Gasteiger partial charge on any atom is -0.481 e. The van der Waals surface area contributed by atoms with E-state index in [1.165, 1.54) is 82.0 Å². The molecule has 0 bridgehead atoms. The van der Waals surface area contributed by atoms with Gasteiger partial charge in [-0.3, -0.25) is 4.79 Å². The summed E-state index contributed by atoms with van der Waals surface area (Å²) in [6.07, 6.45) is 17.2. The number of aliphatic carboxylic acids is 1. The molecule has 0 saturated carbocycles. The van der Waals surface area contributed by atoms with Crippen LogP contribution in [0.5, 0.6) is 0 Å². The van der Waals surface area contributed by atoms with Crippen molar-refractivity contribution >= 4 is 17.3 Å². The molecule has 0 radical (unpaired) electrons. The number of thiazole rings is 1. The average Bonchev–Trinajstić information content (AvgIpc) is 3.06. The quantitative estimate of drug-likeness (QED) is 0.310. The molecule has 0 aliphatic heterocycles. The lowest BCUT2D eigenvalue weighted by molar-refractivity contribution is -0.136. The molecule has 1 rings (SSSR count). The second-order valence-corrected chi connectivity index (χ2v) is 8.18. The van der Waals surface area contributed by atoms with Crippen LogP contribution in [-0.2, 0) is 11.2 Å². The zero-order valence-electron chi connectivity index (χ0n) is 16.4. The molecule has 0 aliphatic carbocycles. The lowest BCUT2D eigenvalue weighted by Crippen LogP contribution is -2.02. The van der Waals surface area contributed by atoms with E-state index in [1.54, 1.807) is 5.38 Å². The zero-order valence-corrected chi connectivity index (χ0v) is 17.2. The second kappa shape index (κ2) is 15.2. The molecule has 1 heterocycles. The minimum absolute atomic E-state index is 0.0675. The number of carboxylic acid groups (broad SMARTS) is 1. The van der Waals surface area contributed by atoms with Gasteiger partial charge in [0.1, 0.15) is 11.1 Å². The Balaban J connectivity index is 1.92. The van der Waals surface area contributed by atoms with Crippen molar-refractivity contribution in [1.82, 2.24) is 4.98 Å². The fourth-order valence-corrected chi connectivity index (χ4v) is 4.03. The number of aliphatic hydroxyl groups is 1. The minimum atomic E-state index is -0.882. The van der Waals surface area contributed by atoms with Gasteiger partial charge in [-0.15, -0.1) is 11.3 Å². The fraction of sp³-hybridized carbons (Fsp3) is 0.810. The molecule has 4 nitrogen and oxygen atoms in total. The standard InChI is InChI=1S/C21H37NO3S/c1-2-3-4-5-6-7-8-9-10-11-12-13-14-15-19(23)21-22-18(17-26-21)16-20(24)25/h17,19,23H,2-16H2,1H3,(H,24,25). The van der Waals surface area contributed by atoms with Gasteiger partial charge in [-0.2, -0.15) is 0 Å². The Hall–Kier alpha value is -0.940. The largest absolute Gasteiger partial charge is 0.481 e. The van der Waals surface area contributed by atoms with Crippen LogP contribution in [0.3, 0.4) is 0 Å². The van der Waals surface area contributed by atoms with Gasteiger partial charge in [0.25, 0.3) is 0 Å². The maximum Gasteiger partial charge on any atom is 0.309 e. The van der Waals surface area contributed by atoms with E-state index >= 15 is 0 Å². The molecule has 1 atom stereocenters. The van der Waals surface area contributed by atoms with E-state index in [-0.39, 0.29) is 6.42 Å². The first-order chi connectivity index (χ1) is 12.6. The highest BCUT2D eigenvalue weighted by Crippen LogP contribution is 2.24. The first-order valence-corrected chi connectivity index (χ1v) is 11.4. The zero-order chi connectivity index (χ0) is 19.0. The Kier molecular flexibility index (Phi) is 13.5.